The summed E-state index contributed by atoms with van der Waals surface area (Å²) in [6, 6.07) is 2.23. The molecule has 1 unspecified atom stereocenters. The molecule has 4 heteroatoms. The van der Waals surface area contributed by atoms with Crippen molar-refractivity contribution in [3.8, 4) is 0 Å². The molecule has 1 heterocycles. The Kier molecular flexibility index (Phi) is 4.86. The Morgan fingerprint density at radius 2 is 2.24 bits per heavy atom. The number of rotatable bonds is 5. The van der Waals surface area contributed by atoms with E-state index in [1.54, 1.807) is 6.20 Å². The molecular weight excluding hydrogens is 262 g/mol. The molecule has 2 N–H and O–H groups in total. The van der Waals surface area contributed by atoms with Gasteiger partial charge in [-0.2, -0.15) is 0 Å². The van der Waals surface area contributed by atoms with Gasteiger partial charge >= 0.3 is 0 Å². The van der Waals surface area contributed by atoms with Gasteiger partial charge in [0.2, 0.25) is 0 Å². The lowest BCUT2D eigenvalue weighted by Crippen LogP contribution is -2.34. The van der Waals surface area contributed by atoms with E-state index in [0.717, 1.165) is 37.2 Å². The van der Waals surface area contributed by atoms with Gasteiger partial charge in [0.15, 0.2) is 0 Å². The number of hydrogen-bond donors (Lipinski definition) is 2. The second-order valence-corrected chi connectivity index (χ2v) is 6.88. The number of hydrogen-bond acceptors (Lipinski definition) is 3. The predicted octanol–water partition coefficient (Wildman–Crippen LogP) is 3.52. The van der Waals surface area contributed by atoms with Crippen LogP contribution in [0.25, 0.3) is 0 Å². The van der Waals surface area contributed by atoms with Crippen LogP contribution in [0.4, 0.5) is 5.69 Å². The van der Waals surface area contributed by atoms with Crippen molar-refractivity contribution >= 4 is 11.6 Å². The van der Waals surface area contributed by atoms with Crippen molar-refractivity contribution < 1.29 is 4.79 Å². The highest BCUT2D eigenvalue weighted by Crippen LogP contribution is 2.37. The lowest BCUT2D eigenvalue weighted by molar-refractivity contribution is 0.0936. The molecule has 1 saturated carbocycles. The van der Waals surface area contributed by atoms with Gasteiger partial charge in [-0.15, -0.1) is 0 Å². The number of anilines is 1. The Labute approximate surface area is 127 Å². The zero-order valence-electron chi connectivity index (χ0n) is 13.6. The van der Waals surface area contributed by atoms with Crippen molar-refractivity contribution in [2.24, 2.45) is 5.41 Å². The SMILES string of the molecule is CCCNc1cc(C)ncc1C(=O)NC1CCC(C)(C)C1. The lowest BCUT2D eigenvalue weighted by Gasteiger charge is -2.18. The van der Waals surface area contributed by atoms with E-state index in [2.05, 4.69) is 36.4 Å². The average molecular weight is 289 g/mol. The fraction of sp³-hybridized carbons (Fsp3) is 0.647. The first-order chi connectivity index (χ1) is 9.91. The standard InChI is InChI=1S/C17H27N3O/c1-5-8-18-15-9-12(2)19-11-14(15)16(21)20-13-6-7-17(3,4)10-13/h9,11,13H,5-8,10H2,1-4H3,(H,18,19)(H,20,21). The smallest absolute Gasteiger partial charge is 0.255 e. The van der Waals surface area contributed by atoms with Crippen LogP contribution in [0, 0.1) is 12.3 Å². The number of nitrogens with one attached hydrogen (secondary N) is 2. The molecule has 1 amide bonds. The van der Waals surface area contributed by atoms with Gasteiger partial charge in [-0.25, -0.2) is 0 Å². The van der Waals surface area contributed by atoms with Crippen molar-refractivity contribution in [1.29, 1.82) is 0 Å². The van der Waals surface area contributed by atoms with Gasteiger partial charge in [0.05, 0.1) is 11.3 Å². The highest BCUT2D eigenvalue weighted by atomic mass is 16.1. The number of carbonyl (C=O) groups excluding carboxylic acids is 1. The van der Waals surface area contributed by atoms with Gasteiger partial charge in [-0.3, -0.25) is 9.78 Å². The van der Waals surface area contributed by atoms with Crippen LogP contribution in [0.5, 0.6) is 0 Å². The first-order valence-corrected chi connectivity index (χ1v) is 7.92. The zero-order chi connectivity index (χ0) is 15.5. The van der Waals surface area contributed by atoms with E-state index < -0.39 is 0 Å². The molecule has 1 atom stereocenters. The predicted molar refractivity (Wildman–Crippen MR) is 86.6 cm³/mol. The fourth-order valence-corrected chi connectivity index (χ4v) is 2.97. The Balaban J connectivity index is 2.08. The van der Waals surface area contributed by atoms with Crippen LogP contribution in [-0.2, 0) is 0 Å². The Morgan fingerprint density at radius 1 is 1.48 bits per heavy atom. The van der Waals surface area contributed by atoms with E-state index in [0.29, 0.717) is 11.0 Å². The van der Waals surface area contributed by atoms with Gasteiger partial charge in [0.1, 0.15) is 0 Å². The topological polar surface area (TPSA) is 54.0 Å². The van der Waals surface area contributed by atoms with Crippen molar-refractivity contribution in [3.05, 3.63) is 23.5 Å². The maximum atomic E-state index is 12.5. The molecule has 2 rings (SSSR count). The number of nitrogens with zero attached hydrogens (tertiary/aromatic N) is 1. The molecule has 1 aromatic heterocycles. The molecule has 0 spiro atoms. The summed E-state index contributed by atoms with van der Waals surface area (Å²) in [6.07, 6.45) is 6.00. The third-order valence-corrected chi connectivity index (χ3v) is 4.15. The number of aryl methyl sites for hydroxylation is 1. The third-order valence-electron chi connectivity index (χ3n) is 4.15. The molecule has 1 aliphatic rings. The Bertz CT molecular complexity index is 511. The van der Waals surface area contributed by atoms with Gasteiger partial charge < -0.3 is 10.6 Å². The summed E-state index contributed by atoms with van der Waals surface area (Å²) in [5.41, 5.74) is 2.80. The summed E-state index contributed by atoms with van der Waals surface area (Å²) >= 11 is 0. The molecule has 1 aromatic rings. The van der Waals surface area contributed by atoms with Gasteiger partial charge in [-0.05, 0) is 44.1 Å². The van der Waals surface area contributed by atoms with Crippen LogP contribution < -0.4 is 10.6 Å². The summed E-state index contributed by atoms with van der Waals surface area (Å²) in [6.45, 7) is 9.45. The Morgan fingerprint density at radius 3 is 2.86 bits per heavy atom. The summed E-state index contributed by atoms with van der Waals surface area (Å²) in [5.74, 6) is -0.0104. The number of carbonyl (C=O) groups is 1. The Hall–Kier alpha value is -1.58. The molecule has 116 valence electrons. The molecule has 21 heavy (non-hydrogen) atoms. The zero-order valence-corrected chi connectivity index (χ0v) is 13.6. The van der Waals surface area contributed by atoms with E-state index >= 15 is 0 Å². The third kappa shape index (κ3) is 4.19. The van der Waals surface area contributed by atoms with E-state index in [4.69, 9.17) is 0 Å². The highest BCUT2D eigenvalue weighted by molar-refractivity contribution is 5.99. The highest BCUT2D eigenvalue weighted by Gasteiger charge is 2.32. The first-order valence-electron chi connectivity index (χ1n) is 7.92. The quantitative estimate of drug-likeness (QED) is 0.872. The minimum Gasteiger partial charge on any atom is -0.384 e. The van der Waals surface area contributed by atoms with Crippen LogP contribution in [-0.4, -0.2) is 23.5 Å². The molecule has 1 aliphatic carbocycles. The van der Waals surface area contributed by atoms with Gasteiger partial charge in [0.25, 0.3) is 5.91 Å². The van der Waals surface area contributed by atoms with Crippen LogP contribution in [0.2, 0.25) is 0 Å². The number of pyridine rings is 1. The normalized spacial score (nSPS) is 20.3. The van der Waals surface area contributed by atoms with Crippen molar-refractivity contribution in [2.75, 3.05) is 11.9 Å². The molecular formula is C17H27N3O. The molecule has 0 bridgehead atoms. The summed E-state index contributed by atoms with van der Waals surface area (Å²) < 4.78 is 0. The molecule has 0 aromatic carbocycles. The second kappa shape index (κ2) is 6.46. The molecule has 0 saturated heterocycles. The molecule has 4 nitrogen and oxygen atoms in total. The molecule has 1 fully saturated rings. The van der Waals surface area contributed by atoms with Crippen LogP contribution >= 0.6 is 0 Å². The van der Waals surface area contributed by atoms with Crippen molar-refractivity contribution in [2.45, 2.75) is 59.4 Å². The number of aromatic nitrogens is 1. The van der Waals surface area contributed by atoms with Crippen molar-refractivity contribution in [3.63, 3.8) is 0 Å². The summed E-state index contributed by atoms with van der Waals surface area (Å²) in [7, 11) is 0. The van der Waals surface area contributed by atoms with E-state index in [9.17, 15) is 4.79 Å². The van der Waals surface area contributed by atoms with Gasteiger partial charge in [-0.1, -0.05) is 20.8 Å². The van der Waals surface area contributed by atoms with Gasteiger partial charge in [0, 0.05) is 24.5 Å². The minimum atomic E-state index is -0.0104. The lowest BCUT2D eigenvalue weighted by atomic mass is 9.92. The van der Waals surface area contributed by atoms with Crippen LogP contribution in [0.1, 0.15) is 62.5 Å². The first kappa shape index (κ1) is 15.8. The monoisotopic (exact) mass is 289 g/mol. The summed E-state index contributed by atoms with van der Waals surface area (Å²) in [5, 5.41) is 6.49. The minimum absolute atomic E-state index is 0.0104. The van der Waals surface area contributed by atoms with Crippen LogP contribution in [0.15, 0.2) is 12.3 Å². The van der Waals surface area contributed by atoms with E-state index in [-0.39, 0.29) is 11.9 Å². The molecule has 0 radical (unpaired) electrons. The molecule has 0 aliphatic heterocycles. The summed E-state index contributed by atoms with van der Waals surface area (Å²) in [4.78, 5) is 16.8. The largest absolute Gasteiger partial charge is 0.384 e. The van der Waals surface area contributed by atoms with E-state index in [1.165, 1.54) is 6.42 Å². The number of amides is 1. The second-order valence-electron chi connectivity index (χ2n) is 6.88. The van der Waals surface area contributed by atoms with Crippen molar-refractivity contribution in [1.82, 2.24) is 10.3 Å². The fourth-order valence-electron chi connectivity index (χ4n) is 2.97. The average Bonchev–Trinajstić information content (AvgIpc) is 2.75. The van der Waals surface area contributed by atoms with E-state index in [1.807, 2.05) is 13.0 Å². The maximum Gasteiger partial charge on any atom is 0.255 e. The van der Waals surface area contributed by atoms with Crippen LogP contribution in [0.3, 0.4) is 0 Å². The maximum absolute atomic E-state index is 12.5.